The number of piperidine rings is 1. The van der Waals surface area contributed by atoms with Crippen LogP contribution in [0.2, 0.25) is 0 Å². The van der Waals surface area contributed by atoms with E-state index in [0.29, 0.717) is 5.69 Å². The maximum atomic E-state index is 13.0. The number of rotatable bonds is 8. The number of nitrogens with zero attached hydrogens (tertiary/aromatic N) is 3. The molecule has 0 atom stereocenters. The van der Waals surface area contributed by atoms with Crippen molar-refractivity contribution in [3.8, 4) is 0 Å². The predicted molar refractivity (Wildman–Crippen MR) is 122 cm³/mol. The van der Waals surface area contributed by atoms with Gasteiger partial charge in [-0.2, -0.15) is 0 Å². The molecule has 2 aromatic rings. The Bertz CT molecular complexity index is 1210. The van der Waals surface area contributed by atoms with E-state index in [4.69, 9.17) is 9.15 Å². The fraction of sp³-hybridized carbons (Fsp3) is 0.476. The Balaban J connectivity index is 1.88. The summed E-state index contributed by atoms with van der Waals surface area (Å²) >= 11 is 0. The normalized spacial score (nSPS) is 15.3. The summed E-state index contributed by atoms with van der Waals surface area (Å²) < 4.78 is 62.4. The quantitative estimate of drug-likeness (QED) is 0.507. The number of benzene rings is 1. The van der Waals surface area contributed by atoms with E-state index in [1.807, 2.05) is 4.90 Å². The SMILES string of the molecule is CN(C)S(=O)(=O)c1ccc(N2CCCCC2)c(C(=O)OCc2ccc(S(=O)(=O)N(C)C)o2)c1. The predicted octanol–water partition coefficient (Wildman–Crippen LogP) is 2.13. The Morgan fingerprint density at radius 3 is 2.18 bits per heavy atom. The van der Waals surface area contributed by atoms with Gasteiger partial charge in [-0.15, -0.1) is 0 Å². The number of anilines is 1. The van der Waals surface area contributed by atoms with Gasteiger partial charge in [0.25, 0.3) is 10.0 Å². The molecule has 10 nitrogen and oxygen atoms in total. The van der Waals surface area contributed by atoms with Crippen molar-refractivity contribution in [1.82, 2.24) is 8.61 Å². The van der Waals surface area contributed by atoms with Crippen molar-refractivity contribution in [3.63, 3.8) is 0 Å². The van der Waals surface area contributed by atoms with Gasteiger partial charge in [-0.05, 0) is 49.6 Å². The van der Waals surface area contributed by atoms with Gasteiger partial charge >= 0.3 is 5.97 Å². The second-order valence-corrected chi connectivity index (χ2v) is 12.3. The Labute approximate surface area is 194 Å². The summed E-state index contributed by atoms with van der Waals surface area (Å²) in [7, 11) is -1.90. The van der Waals surface area contributed by atoms with Gasteiger partial charge in [0.2, 0.25) is 15.1 Å². The van der Waals surface area contributed by atoms with Gasteiger partial charge in [-0.25, -0.2) is 30.2 Å². The lowest BCUT2D eigenvalue weighted by Crippen LogP contribution is -2.31. The highest BCUT2D eigenvalue weighted by molar-refractivity contribution is 7.89. The first-order valence-corrected chi connectivity index (χ1v) is 13.3. The second kappa shape index (κ2) is 9.84. The van der Waals surface area contributed by atoms with E-state index >= 15 is 0 Å². The molecule has 12 heteroatoms. The molecule has 1 saturated heterocycles. The van der Waals surface area contributed by atoms with Gasteiger partial charge in [0.1, 0.15) is 12.4 Å². The summed E-state index contributed by atoms with van der Waals surface area (Å²) in [6.07, 6.45) is 3.05. The molecule has 0 radical (unpaired) electrons. The lowest BCUT2D eigenvalue weighted by atomic mass is 10.1. The van der Waals surface area contributed by atoms with Crippen LogP contribution < -0.4 is 4.90 Å². The number of carbonyl (C=O) groups is 1. The maximum Gasteiger partial charge on any atom is 0.340 e. The standard InChI is InChI=1S/C21H29N3O7S2/c1-22(2)32(26,27)17-9-10-19(24-12-6-5-7-13-24)18(14-17)21(25)30-15-16-8-11-20(31-16)33(28,29)23(3)4/h8-11,14H,5-7,12-13,15H2,1-4H3. The summed E-state index contributed by atoms with van der Waals surface area (Å²) in [4.78, 5) is 15.0. The van der Waals surface area contributed by atoms with E-state index in [-0.39, 0.29) is 27.9 Å². The molecular formula is C21H29N3O7S2. The second-order valence-electron chi connectivity index (χ2n) is 8.10. The summed E-state index contributed by atoms with van der Waals surface area (Å²) in [5, 5.41) is -0.258. The van der Waals surface area contributed by atoms with Gasteiger partial charge in [0.15, 0.2) is 0 Å². The van der Waals surface area contributed by atoms with Crippen LogP contribution in [0.1, 0.15) is 35.4 Å². The zero-order chi connectivity index (χ0) is 24.4. The molecule has 0 aliphatic carbocycles. The Morgan fingerprint density at radius 2 is 1.58 bits per heavy atom. The molecule has 0 spiro atoms. The summed E-state index contributed by atoms with van der Waals surface area (Å²) in [6, 6.07) is 7.16. The highest BCUT2D eigenvalue weighted by Gasteiger charge is 2.26. The third kappa shape index (κ3) is 5.40. The van der Waals surface area contributed by atoms with Crippen LogP contribution in [-0.4, -0.2) is 72.7 Å². The Morgan fingerprint density at radius 1 is 0.939 bits per heavy atom. The number of carbonyl (C=O) groups excluding carboxylic acids is 1. The Hall–Kier alpha value is -2.41. The number of ether oxygens (including phenoxy) is 1. The number of furan rings is 1. The zero-order valence-corrected chi connectivity index (χ0v) is 20.8. The molecule has 1 aromatic heterocycles. The van der Waals surface area contributed by atoms with E-state index in [1.165, 1.54) is 52.5 Å². The van der Waals surface area contributed by atoms with Crippen molar-refractivity contribution < 1.29 is 30.8 Å². The molecule has 1 aliphatic heterocycles. The molecule has 0 bridgehead atoms. The number of hydrogen-bond acceptors (Lipinski definition) is 8. The third-order valence-electron chi connectivity index (χ3n) is 5.38. The number of esters is 1. The molecule has 0 unspecified atom stereocenters. The van der Waals surface area contributed by atoms with Gasteiger partial charge in [-0.3, -0.25) is 0 Å². The largest absolute Gasteiger partial charge is 0.454 e. The van der Waals surface area contributed by atoms with Crippen molar-refractivity contribution in [3.05, 3.63) is 41.7 Å². The van der Waals surface area contributed by atoms with Gasteiger partial charge in [-0.1, -0.05) is 0 Å². The minimum absolute atomic E-state index is 0.0161. The molecule has 0 amide bonds. The fourth-order valence-electron chi connectivity index (χ4n) is 3.43. The summed E-state index contributed by atoms with van der Waals surface area (Å²) in [5.74, 6) is -0.569. The van der Waals surface area contributed by atoms with E-state index in [1.54, 1.807) is 6.07 Å². The molecule has 3 rings (SSSR count). The van der Waals surface area contributed by atoms with Crippen LogP contribution >= 0.6 is 0 Å². The lowest BCUT2D eigenvalue weighted by Gasteiger charge is -2.30. The molecule has 2 heterocycles. The van der Waals surface area contributed by atoms with Crippen LogP contribution in [-0.2, 0) is 31.4 Å². The van der Waals surface area contributed by atoms with E-state index in [0.717, 1.165) is 41.0 Å². The average Bonchev–Trinajstić information content (AvgIpc) is 3.27. The van der Waals surface area contributed by atoms with Gasteiger partial charge in [0, 0.05) is 41.3 Å². The Kier molecular flexibility index (Phi) is 7.52. The van der Waals surface area contributed by atoms with Crippen LogP contribution in [0, 0.1) is 0 Å². The summed E-state index contributed by atoms with van der Waals surface area (Å²) in [5.41, 5.74) is 0.736. The molecule has 1 aliphatic rings. The van der Waals surface area contributed by atoms with E-state index in [9.17, 15) is 21.6 Å². The topological polar surface area (TPSA) is 117 Å². The lowest BCUT2D eigenvalue weighted by molar-refractivity contribution is 0.0441. The first kappa shape index (κ1) is 25.2. The van der Waals surface area contributed by atoms with E-state index < -0.39 is 26.0 Å². The minimum Gasteiger partial charge on any atom is -0.454 e. The van der Waals surface area contributed by atoms with Crippen molar-refractivity contribution >= 4 is 31.7 Å². The minimum atomic E-state index is -3.75. The monoisotopic (exact) mass is 499 g/mol. The molecule has 1 aromatic carbocycles. The smallest absolute Gasteiger partial charge is 0.340 e. The fourth-order valence-corrected chi connectivity index (χ4v) is 5.17. The van der Waals surface area contributed by atoms with E-state index in [2.05, 4.69) is 0 Å². The summed E-state index contributed by atoms with van der Waals surface area (Å²) in [6.45, 7) is 1.21. The van der Waals surface area contributed by atoms with Crippen molar-refractivity contribution in [2.24, 2.45) is 0 Å². The average molecular weight is 500 g/mol. The zero-order valence-electron chi connectivity index (χ0n) is 19.1. The molecule has 33 heavy (non-hydrogen) atoms. The van der Waals surface area contributed by atoms with Crippen LogP contribution in [0.5, 0.6) is 0 Å². The van der Waals surface area contributed by atoms with Crippen molar-refractivity contribution in [2.45, 2.75) is 35.9 Å². The van der Waals surface area contributed by atoms with Gasteiger partial charge < -0.3 is 14.1 Å². The molecule has 0 saturated carbocycles. The number of sulfonamides is 2. The first-order valence-electron chi connectivity index (χ1n) is 10.4. The molecule has 182 valence electrons. The highest BCUT2D eigenvalue weighted by Crippen LogP contribution is 2.29. The van der Waals surface area contributed by atoms with Crippen LogP contribution in [0.25, 0.3) is 0 Å². The van der Waals surface area contributed by atoms with Crippen LogP contribution in [0.15, 0.2) is 44.7 Å². The van der Waals surface area contributed by atoms with Gasteiger partial charge in [0.05, 0.1) is 16.1 Å². The maximum absolute atomic E-state index is 13.0. The van der Waals surface area contributed by atoms with Crippen LogP contribution in [0.3, 0.4) is 0 Å². The van der Waals surface area contributed by atoms with Crippen molar-refractivity contribution in [2.75, 3.05) is 46.2 Å². The van der Waals surface area contributed by atoms with Crippen LogP contribution in [0.4, 0.5) is 5.69 Å². The first-order chi connectivity index (χ1) is 15.4. The molecular weight excluding hydrogens is 470 g/mol. The molecule has 0 N–H and O–H groups in total. The number of hydrogen-bond donors (Lipinski definition) is 0. The highest BCUT2D eigenvalue weighted by atomic mass is 32.2. The third-order valence-corrected chi connectivity index (χ3v) is 8.88. The molecule has 1 fully saturated rings. The van der Waals surface area contributed by atoms with Crippen molar-refractivity contribution in [1.29, 1.82) is 0 Å².